The molecule has 1 aromatic heterocycles. The number of hydrogen-bond donors (Lipinski definition) is 2. The van der Waals surface area contributed by atoms with Gasteiger partial charge in [0.1, 0.15) is 5.69 Å². The van der Waals surface area contributed by atoms with E-state index in [9.17, 15) is 4.79 Å². The van der Waals surface area contributed by atoms with Crippen LogP contribution in [0.15, 0.2) is 36.5 Å². The number of carbonyl (C=O) groups is 1. The molecule has 0 aliphatic heterocycles. The molecule has 5 nitrogen and oxygen atoms in total. The SMILES string of the molecule is COCc1ccccc1NC(=O)c1cc(N)cn1C1CC1. The average molecular weight is 285 g/mol. The minimum Gasteiger partial charge on any atom is -0.397 e. The third-order valence-corrected chi connectivity index (χ3v) is 3.61. The zero-order valence-electron chi connectivity index (χ0n) is 12.0. The van der Waals surface area contributed by atoms with Crippen molar-refractivity contribution < 1.29 is 9.53 Å². The molecule has 5 heteroatoms. The number of aromatic nitrogens is 1. The maximum atomic E-state index is 12.5. The van der Waals surface area contributed by atoms with Crippen LogP contribution >= 0.6 is 0 Å². The Morgan fingerprint density at radius 2 is 2.19 bits per heavy atom. The molecular weight excluding hydrogens is 266 g/mol. The van der Waals surface area contributed by atoms with Crippen LogP contribution < -0.4 is 11.1 Å². The molecule has 1 aliphatic rings. The maximum absolute atomic E-state index is 12.5. The first kappa shape index (κ1) is 13.7. The number of benzene rings is 1. The normalized spacial score (nSPS) is 14.1. The predicted molar refractivity (Wildman–Crippen MR) is 82.2 cm³/mol. The summed E-state index contributed by atoms with van der Waals surface area (Å²) in [5.41, 5.74) is 8.79. The quantitative estimate of drug-likeness (QED) is 0.887. The number of nitrogen functional groups attached to an aromatic ring is 1. The second kappa shape index (κ2) is 5.61. The molecule has 110 valence electrons. The highest BCUT2D eigenvalue weighted by Crippen LogP contribution is 2.37. The lowest BCUT2D eigenvalue weighted by Crippen LogP contribution is -2.17. The summed E-state index contributed by atoms with van der Waals surface area (Å²) in [6.45, 7) is 0.461. The smallest absolute Gasteiger partial charge is 0.272 e. The number of hydrogen-bond acceptors (Lipinski definition) is 3. The number of anilines is 2. The molecule has 1 amide bonds. The number of amides is 1. The minimum absolute atomic E-state index is 0.137. The van der Waals surface area contributed by atoms with Crippen molar-refractivity contribution in [2.75, 3.05) is 18.2 Å². The van der Waals surface area contributed by atoms with E-state index in [0.29, 0.717) is 24.0 Å². The van der Waals surface area contributed by atoms with Crippen molar-refractivity contribution in [1.82, 2.24) is 4.57 Å². The molecule has 21 heavy (non-hydrogen) atoms. The number of nitrogens with zero attached hydrogens (tertiary/aromatic N) is 1. The van der Waals surface area contributed by atoms with Gasteiger partial charge in [0.2, 0.25) is 0 Å². The first-order valence-electron chi connectivity index (χ1n) is 7.04. The standard InChI is InChI=1S/C16H19N3O2/c1-21-10-11-4-2-3-5-14(11)18-16(20)15-8-12(17)9-19(15)13-6-7-13/h2-5,8-9,13H,6-7,10,17H2,1H3,(H,18,20). The van der Waals surface area contributed by atoms with E-state index in [1.807, 2.05) is 35.0 Å². The molecule has 1 aliphatic carbocycles. The summed E-state index contributed by atoms with van der Waals surface area (Å²) in [5.74, 6) is -0.137. The van der Waals surface area contributed by atoms with E-state index in [4.69, 9.17) is 10.5 Å². The summed E-state index contributed by atoms with van der Waals surface area (Å²) in [6.07, 6.45) is 4.05. The fraction of sp³-hybridized carbons (Fsp3) is 0.312. The van der Waals surface area contributed by atoms with Crippen LogP contribution in [0.25, 0.3) is 0 Å². The largest absolute Gasteiger partial charge is 0.397 e. The minimum atomic E-state index is -0.137. The molecule has 0 saturated heterocycles. The molecule has 1 saturated carbocycles. The third-order valence-electron chi connectivity index (χ3n) is 3.61. The highest BCUT2D eigenvalue weighted by Gasteiger charge is 2.27. The summed E-state index contributed by atoms with van der Waals surface area (Å²) < 4.78 is 7.13. The molecule has 1 fully saturated rings. The average Bonchev–Trinajstić information content (AvgIpc) is 3.24. The van der Waals surface area contributed by atoms with E-state index >= 15 is 0 Å². The number of rotatable bonds is 5. The molecule has 0 bridgehead atoms. The summed E-state index contributed by atoms with van der Waals surface area (Å²) in [7, 11) is 1.64. The van der Waals surface area contributed by atoms with Gasteiger partial charge in [0.15, 0.2) is 0 Å². The lowest BCUT2D eigenvalue weighted by Gasteiger charge is -2.12. The van der Waals surface area contributed by atoms with Crippen LogP contribution in [0.2, 0.25) is 0 Å². The van der Waals surface area contributed by atoms with Gasteiger partial charge in [-0.05, 0) is 25.0 Å². The Balaban J connectivity index is 1.83. The Hall–Kier alpha value is -2.27. The second-order valence-electron chi connectivity index (χ2n) is 5.34. The van der Waals surface area contributed by atoms with Crippen LogP contribution in [0.3, 0.4) is 0 Å². The van der Waals surface area contributed by atoms with Crippen LogP contribution in [-0.4, -0.2) is 17.6 Å². The van der Waals surface area contributed by atoms with Crippen molar-refractivity contribution in [3.05, 3.63) is 47.8 Å². The fourth-order valence-electron chi connectivity index (χ4n) is 2.45. The molecule has 2 aromatic rings. The van der Waals surface area contributed by atoms with Crippen molar-refractivity contribution >= 4 is 17.3 Å². The van der Waals surface area contributed by atoms with Gasteiger partial charge < -0.3 is 20.4 Å². The molecule has 3 rings (SSSR count). The monoisotopic (exact) mass is 285 g/mol. The van der Waals surface area contributed by atoms with Gasteiger partial charge in [-0.25, -0.2) is 0 Å². The lowest BCUT2D eigenvalue weighted by molar-refractivity contribution is 0.101. The van der Waals surface area contributed by atoms with Gasteiger partial charge in [-0.2, -0.15) is 0 Å². The highest BCUT2D eigenvalue weighted by atomic mass is 16.5. The van der Waals surface area contributed by atoms with Gasteiger partial charge in [-0.1, -0.05) is 18.2 Å². The van der Waals surface area contributed by atoms with Gasteiger partial charge >= 0.3 is 0 Å². The molecule has 1 heterocycles. The molecule has 3 N–H and O–H groups in total. The van der Waals surface area contributed by atoms with Crippen LogP contribution in [0, 0.1) is 0 Å². The molecule has 0 radical (unpaired) electrons. The molecular formula is C16H19N3O2. The topological polar surface area (TPSA) is 69.3 Å². The van der Waals surface area contributed by atoms with Crippen molar-refractivity contribution in [3.63, 3.8) is 0 Å². The van der Waals surface area contributed by atoms with E-state index < -0.39 is 0 Å². The number of nitrogens with two attached hydrogens (primary N) is 1. The van der Waals surface area contributed by atoms with Gasteiger partial charge in [0.05, 0.1) is 12.3 Å². The Labute approximate surface area is 123 Å². The van der Waals surface area contributed by atoms with E-state index in [2.05, 4.69) is 5.32 Å². The summed E-state index contributed by atoms with van der Waals surface area (Å²) in [6, 6.07) is 9.77. The third kappa shape index (κ3) is 2.92. The number of carbonyl (C=O) groups excluding carboxylic acids is 1. The zero-order chi connectivity index (χ0) is 14.8. The van der Waals surface area contributed by atoms with Crippen molar-refractivity contribution in [2.24, 2.45) is 0 Å². The fourth-order valence-corrected chi connectivity index (χ4v) is 2.45. The molecule has 1 aromatic carbocycles. The first-order valence-corrected chi connectivity index (χ1v) is 7.04. The lowest BCUT2D eigenvalue weighted by atomic mass is 10.2. The van der Waals surface area contributed by atoms with Crippen LogP contribution in [-0.2, 0) is 11.3 Å². The summed E-state index contributed by atoms with van der Waals surface area (Å²) in [5, 5.41) is 2.95. The zero-order valence-corrected chi connectivity index (χ0v) is 12.0. The van der Waals surface area contributed by atoms with E-state index in [-0.39, 0.29) is 5.91 Å². The number of ether oxygens (including phenoxy) is 1. The van der Waals surface area contributed by atoms with Gasteiger partial charge in [0, 0.05) is 30.6 Å². The molecule has 0 unspecified atom stereocenters. The van der Waals surface area contributed by atoms with Crippen LogP contribution in [0.1, 0.15) is 34.9 Å². The van der Waals surface area contributed by atoms with Crippen molar-refractivity contribution in [3.8, 4) is 0 Å². The molecule has 0 spiro atoms. The Morgan fingerprint density at radius 1 is 1.43 bits per heavy atom. The van der Waals surface area contributed by atoms with E-state index in [1.54, 1.807) is 13.2 Å². The van der Waals surface area contributed by atoms with Gasteiger partial charge in [-0.3, -0.25) is 4.79 Å². The Kier molecular flexibility index (Phi) is 3.66. The van der Waals surface area contributed by atoms with Crippen LogP contribution in [0.5, 0.6) is 0 Å². The number of para-hydroxylation sites is 1. The van der Waals surface area contributed by atoms with Gasteiger partial charge in [-0.15, -0.1) is 0 Å². The van der Waals surface area contributed by atoms with Crippen molar-refractivity contribution in [2.45, 2.75) is 25.5 Å². The number of nitrogens with one attached hydrogen (secondary N) is 1. The highest BCUT2D eigenvalue weighted by molar-refractivity contribution is 6.04. The number of methoxy groups -OCH3 is 1. The second-order valence-corrected chi connectivity index (χ2v) is 5.34. The predicted octanol–water partition coefficient (Wildman–Crippen LogP) is 2.80. The summed E-state index contributed by atoms with van der Waals surface area (Å²) >= 11 is 0. The van der Waals surface area contributed by atoms with Crippen LogP contribution in [0.4, 0.5) is 11.4 Å². The first-order chi connectivity index (χ1) is 10.2. The molecule has 0 atom stereocenters. The Morgan fingerprint density at radius 3 is 2.90 bits per heavy atom. The summed E-state index contributed by atoms with van der Waals surface area (Å²) in [4.78, 5) is 12.5. The van der Waals surface area contributed by atoms with Gasteiger partial charge in [0.25, 0.3) is 5.91 Å². The maximum Gasteiger partial charge on any atom is 0.272 e. The van der Waals surface area contributed by atoms with E-state index in [1.165, 1.54) is 0 Å². The Bertz CT molecular complexity index is 659. The van der Waals surface area contributed by atoms with E-state index in [0.717, 1.165) is 24.1 Å². The van der Waals surface area contributed by atoms with Crippen molar-refractivity contribution in [1.29, 1.82) is 0 Å².